The summed E-state index contributed by atoms with van der Waals surface area (Å²) in [6.07, 6.45) is 4.48. The summed E-state index contributed by atoms with van der Waals surface area (Å²) in [5.74, 6) is -1.51. The SMILES string of the molecule is Cn1cccc1[C@H](O)CCNC(=O)C(=O)Nc1cccnc1. The topological polar surface area (TPSA) is 96.2 Å². The van der Waals surface area contributed by atoms with Crippen molar-refractivity contribution in [1.29, 1.82) is 0 Å². The number of hydrogen-bond acceptors (Lipinski definition) is 4. The Labute approximate surface area is 128 Å². The van der Waals surface area contributed by atoms with Crippen molar-refractivity contribution >= 4 is 17.5 Å². The average molecular weight is 302 g/mol. The van der Waals surface area contributed by atoms with E-state index in [0.717, 1.165) is 5.69 Å². The van der Waals surface area contributed by atoms with Gasteiger partial charge in [0.2, 0.25) is 0 Å². The molecular formula is C15H18N4O3. The maximum atomic E-state index is 11.7. The summed E-state index contributed by atoms with van der Waals surface area (Å²) in [5.41, 5.74) is 1.21. The van der Waals surface area contributed by atoms with Gasteiger partial charge in [-0.2, -0.15) is 0 Å². The third kappa shape index (κ3) is 4.16. The van der Waals surface area contributed by atoms with Crippen molar-refractivity contribution in [3.8, 4) is 0 Å². The molecule has 0 unspecified atom stereocenters. The highest BCUT2D eigenvalue weighted by Gasteiger charge is 2.15. The molecule has 7 nitrogen and oxygen atoms in total. The van der Waals surface area contributed by atoms with E-state index in [1.54, 1.807) is 18.3 Å². The van der Waals surface area contributed by atoms with Gasteiger partial charge in [-0.05, 0) is 30.7 Å². The second kappa shape index (κ2) is 7.37. The lowest BCUT2D eigenvalue weighted by Crippen LogP contribution is -2.36. The van der Waals surface area contributed by atoms with Gasteiger partial charge in [-0.1, -0.05) is 0 Å². The zero-order valence-electron chi connectivity index (χ0n) is 12.2. The van der Waals surface area contributed by atoms with Gasteiger partial charge in [0.05, 0.1) is 18.0 Å². The first-order chi connectivity index (χ1) is 10.6. The molecule has 116 valence electrons. The van der Waals surface area contributed by atoms with E-state index in [1.807, 2.05) is 29.9 Å². The maximum absolute atomic E-state index is 11.7. The lowest BCUT2D eigenvalue weighted by molar-refractivity contribution is -0.136. The summed E-state index contributed by atoms with van der Waals surface area (Å²) >= 11 is 0. The van der Waals surface area contributed by atoms with Crippen LogP contribution in [0.2, 0.25) is 0 Å². The molecule has 0 aliphatic carbocycles. The van der Waals surface area contributed by atoms with Gasteiger partial charge in [0.15, 0.2) is 0 Å². The Bertz CT molecular complexity index is 639. The molecule has 2 heterocycles. The normalized spacial score (nSPS) is 11.7. The van der Waals surface area contributed by atoms with Crippen LogP contribution in [0.5, 0.6) is 0 Å². The summed E-state index contributed by atoms with van der Waals surface area (Å²) < 4.78 is 1.81. The van der Waals surface area contributed by atoms with Gasteiger partial charge in [0.1, 0.15) is 0 Å². The Hall–Kier alpha value is -2.67. The van der Waals surface area contributed by atoms with Gasteiger partial charge < -0.3 is 20.3 Å². The summed E-state index contributed by atoms with van der Waals surface area (Å²) in [6.45, 7) is 0.200. The molecule has 1 atom stereocenters. The quantitative estimate of drug-likeness (QED) is 0.705. The van der Waals surface area contributed by atoms with E-state index < -0.39 is 17.9 Å². The number of nitrogens with zero attached hydrogens (tertiary/aromatic N) is 2. The van der Waals surface area contributed by atoms with E-state index in [2.05, 4.69) is 15.6 Å². The Morgan fingerprint density at radius 2 is 2.14 bits per heavy atom. The Kier molecular flexibility index (Phi) is 5.26. The molecule has 0 saturated heterocycles. The van der Waals surface area contributed by atoms with Crippen LogP contribution in [0.4, 0.5) is 5.69 Å². The number of carbonyl (C=O) groups is 2. The molecule has 0 aliphatic heterocycles. The van der Waals surface area contributed by atoms with E-state index in [4.69, 9.17) is 0 Å². The molecule has 0 fully saturated rings. The Balaban J connectivity index is 1.76. The fourth-order valence-electron chi connectivity index (χ4n) is 2.00. The molecule has 22 heavy (non-hydrogen) atoms. The number of anilines is 1. The smallest absolute Gasteiger partial charge is 0.313 e. The van der Waals surface area contributed by atoms with Crippen LogP contribution < -0.4 is 10.6 Å². The van der Waals surface area contributed by atoms with Crippen LogP contribution in [0, 0.1) is 0 Å². The largest absolute Gasteiger partial charge is 0.387 e. The first kappa shape index (κ1) is 15.7. The van der Waals surface area contributed by atoms with Gasteiger partial charge >= 0.3 is 11.8 Å². The number of carbonyl (C=O) groups excluding carboxylic acids is 2. The van der Waals surface area contributed by atoms with E-state index in [-0.39, 0.29) is 6.54 Å². The van der Waals surface area contributed by atoms with Crippen molar-refractivity contribution in [2.45, 2.75) is 12.5 Å². The lowest BCUT2D eigenvalue weighted by Gasteiger charge is -2.12. The number of aliphatic hydroxyl groups is 1. The van der Waals surface area contributed by atoms with Gasteiger partial charge in [-0.15, -0.1) is 0 Å². The highest BCUT2D eigenvalue weighted by Crippen LogP contribution is 2.15. The third-order valence-corrected chi connectivity index (χ3v) is 3.15. The van der Waals surface area contributed by atoms with E-state index in [0.29, 0.717) is 12.1 Å². The van der Waals surface area contributed by atoms with Crippen molar-refractivity contribution < 1.29 is 14.7 Å². The lowest BCUT2D eigenvalue weighted by atomic mass is 10.2. The number of amides is 2. The highest BCUT2D eigenvalue weighted by molar-refractivity contribution is 6.39. The molecule has 7 heteroatoms. The summed E-state index contributed by atoms with van der Waals surface area (Å²) in [7, 11) is 1.83. The highest BCUT2D eigenvalue weighted by atomic mass is 16.3. The number of aryl methyl sites for hydroxylation is 1. The number of rotatable bonds is 5. The average Bonchev–Trinajstić information content (AvgIpc) is 2.94. The summed E-state index contributed by atoms with van der Waals surface area (Å²) in [5, 5.41) is 14.9. The van der Waals surface area contributed by atoms with Crippen LogP contribution in [0.1, 0.15) is 18.2 Å². The number of nitrogens with one attached hydrogen (secondary N) is 2. The first-order valence-corrected chi connectivity index (χ1v) is 6.86. The van der Waals surface area contributed by atoms with E-state index in [9.17, 15) is 14.7 Å². The molecule has 0 aromatic carbocycles. The minimum atomic E-state index is -0.763. The summed E-state index contributed by atoms with van der Waals surface area (Å²) in [4.78, 5) is 27.1. The predicted molar refractivity (Wildman–Crippen MR) is 80.9 cm³/mol. The zero-order valence-corrected chi connectivity index (χ0v) is 12.2. The minimum Gasteiger partial charge on any atom is -0.387 e. The minimum absolute atomic E-state index is 0.200. The zero-order chi connectivity index (χ0) is 15.9. The summed E-state index contributed by atoms with van der Waals surface area (Å²) in [6, 6.07) is 6.93. The standard InChI is InChI=1S/C15H18N4O3/c1-19-9-3-5-12(19)13(20)6-8-17-14(21)15(22)18-11-4-2-7-16-10-11/h2-5,7,9-10,13,20H,6,8H2,1H3,(H,17,21)(H,18,22)/t13-/m1/s1. The molecule has 0 bridgehead atoms. The second-order valence-electron chi connectivity index (χ2n) is 4.80. The van der Waals surface area contributed by atoms with Crippen LogP contribution in [-0.4, -0.2) is 33.0 Å². The van der Waals surface area contributed by atoms with Crippen LogP contribution in [-0.2, 0) is 16.6 Å². The number of aromatic nitrogens is 2. The third-order valence-electron chi connectivity index (χ3n) is 3.15. The van der Waals surface area contributed by atoms with Crippen molar-refractivity contribution in [3.05, 3.63) is 48.5 Å². The second-order valence-corrected chi connectivity index (χ2v) is 4.80. The van der Waals surface area contributed by atoms with Crippen LogP contribution in [0.15, 0.2) is 42.9 Å². The number of pyridine rings is 1. The monoisotopic (exact) mass is 302 g/mol. The van der Waals surface area contributed by atoms with Gasteiger partial charge in [-0.3, -0.25) is 14.6 Å². The molecule has 2 rings (SSSR count). The fourth-order valence-corrected chi connectivity index (χ4v) is 2.00. The molecule has 2 aromatic rings. The molecule has 3 N–H and O–H groups in total. The number of hydrogen-bond donors (Lipinski definition) is 3. The predicted octanol–water partition coefficient (Wildman–Crippen LogP) is 0.598. The molecule has 0 spiro atoms. The Morgan fingerprint density at radius 3 is 2.77 bits per heavy atom. The molecule has 0 radical (unpaired) electrons. The van der Waals surface area contributed by atoms with Crippen LogP contribution >= 0.6 is 0 Å². The van der Waals surface area contributed by atoms with Gasteiger partial charge in [0.25, 0.3) is 0 Å². The molecule has 2 aromatic heterocycles. The van der Waals surface area contributed by atoms with Gasteiger partial charge in [0, 0.05) is 31.7 Å². The number of aliphatic hydroxyl groups excluding tert-OH is 1. The van der Waals surface area contributed by atoms with Gasteiger partial charge in [-0.25, -0.2) is 0 Å². The maximum Gasteiger partial charge on any atom is 0.313 e. The van der Waals surface area contributed by atoms with Crippen LogP contribution in [0.25, 0.3) is 0 Å². The fraction of sp³-hybridized carbons (Fsp3) is 0.267. The Morgan fingerprint density at radius 1 is 1.32 bits per heavy atom. The van der Waals surface area contributed by atoms with E-state index in [1.165, 1.54) is 6.20 Å². The van der Waals surface area contributed by atoms with E-state index >= 15 is 0 Å². The van der Waals surface area contributed by atoms with Crippen molar-refractivity contribution in [1.82, 2.24) is 14.9 Å². The first-order valence-electron chi connectivity index (χ1n) is 6.86. The molecular weight excluding hydrogens is 284 g/mol. The molecule has 0 saturated carbocycles. The van der Waals surface area contributed by atoms with Crippen molar-refractivity contribution in [2.75, 3.05) is 11.9 Å². The van der Waals surface area contributed by atoms with Crippen molar-refractivity contribution in [2.24, 2.45) is 7.05 Å². The van der Waals surface area contributed by atoms with Crippen LogP contribution in [0.3, 0.4) is 0 Å². The molecule has 2 amide bonds. The molecule has 0 aliphatic rings. The van der Waals surface area contributed by atoms with Crippen molar-refractivity contribution in [3.63, 3.8) is 0 Å².